The smallest absolute Gasteiger partial charge is 0.293 e. The van der Waals surface area contributed by atoms with Gasteiger partial charge in [0.2, 0.25) is 0 Å². The van der Waals surface area contributed by atoms with Crippen LogP contribution in [0.1, 0.15) is 13.8 Å². The molecule has 1 saturated carbocycles. The summed E-state index contributed by atoms with van der Waals surface area (Å²) in [5, 5.41) is 0. The number of hydrogen-bond donors (Lipinski definition) is 0. The molecule has 2 atom stereocenters. The Bertz CT molecular complexity index is 162. The molecule has 0 bridgehead atoms. The van der Waals surface area contributed by atoms with E-state index < -0.39 is 0 Å². The highest BCUT2D eigenvalue weighted by Crippen LogP contribution is 2.52. The van der Waals surface area contributed by atoms with Gasteiger partial charge in [-0.3, -0.25) is 4.79 Å². The van der Waals surface area contributed by atoms with E-state index in [1.165, 1.54) is 0 Å². The van der Waals surface area contributed by atoms with Crippen molar-refractivity contribution in [2.75, 3.05) is 0 Å². The molecule has 1 fully saturated rings. The van der Waals surface area contributed by atoms with Crippen LogP contribution in [0.5, 0.6) is 0 Å². The Morgan fingerprint density at radius 3 is 2.30 bits per heavy atom. The Morgan fingerprint density at radius 1 is 1.40 bits per heavy atom. The van der Waals surface area contributed by atoms with Crippen LogP contribution < -0.4 is 0 Å². The molecule has 10 heavy (non-hydrogen) atoms. The summed E-state index contributed by atoms with van der Waals surface area (Å²) in [5.74, 6) is -0.0994. The van der Waals surface area contributed by atoms with Crippen molar-refractivity contribution >= 4 is 12.8 Å². The average Bonchev–Trinajstić information content (AvgIpc) is 2.36. The molecular weight excluding hydrogens is 132 g/mol. The summed E-state index contributed by atoms with van der Waals surface area (Å²) in [4.78, 5) is 20.1. The minimum Gasteiger partial charge on any atom is -0.463 e. The lowest BCUT2D eigenvalue weighted by Gasteiger charge is -1.97. The van der Waals surface area contributed by atoms with Crippen LogP contribution in [-0.2, 0) is 14.3 Å². The van der Waals surface area contributed by atoms with Gasteiger partial charge < -0.3 is 9.53 Å². The fraction of sp³-hybridized carbons (Fsp3) is 0.714. The van der Waals surface area contributed by atoms with Gasteiger partial charge in [-0.2, -0.15) is 0 Å². The summed E-state index contributed by atoms with van der Waals surface area (Å²) in [6.45, 7) is 4.20. The number of carbonyl (C=O) groups is 2. The van der Waals surface area contributed by atoms with Gasteiger partial charge in [-0.15, -0.1) is 0 Å². The minimum absolute atomic E-state index is 0.0994. The van der Waals surface area contributed by atoms with E-state index in [9.17, 15) is 9.59 Å². The number of aldehydes is 1. The maximum Gasteiger partial charge on any atom is 0.293 e. The van der Waals surface area contributed by atoms with Crippen LogP contribution in [0.4, 0.5) is 0 Å². The summed E-state index contributed by atoms with van der Waals surface area (Å²) in [6, 6.07) is 0. The first-order valence-electron chi connectivity index (χ1n) is 3.19. The van der Waals surface area contributed by atoms with E-state index in [0.29, 0.717) is 6.47 Å². The SMILES string of the molecule is CC1(C)C(C=O)C1OC=O. The van der Waals surface area contributed by atoms with Crippen molar-refractivity contribution in [1.82, 2.24) is 0 Å². The highest BCUT2D eigenvalue weighted by molar-refractivity contribution is 5.63. The molecule has 3 nitrogen and oxygen atoms in total. The third-order valence-corrected chi connectivity index (χ3v) is 2.16. The van der Waals surface area contributed by atoms with E-state index in [0.717, 1.165) is 6.29 Å². The largest absolute Gasteiger partial charge is 0.463 e. The van der Waals surface area contributed by atoms with Gasteiger partial charge in [-0.25, -0.2) is 0 Å². The first kappa shape index (κ1) is 7.25. The van der Waals surface area contributed by atoms with E-state index in [4.69, 9.17) is 0 Å². The van der Waals surface area contributed by atoms with Crippen LogP contribution in [-0.4, -0.2) is 18.9 Å². The summed E-state index contributed by atoms with van der Waals surface area (Å²) < 4.78 is 4.66. The molecule has 0 radical (unpaired) electrons. The van der Waals surface area contributed by atoms with Crippen LogP contribution in [0.25, 0.3) is 0 Å². The Labute approximate surface area is 59.4 Å². The highest BCUT2D eigenvalue weighted by Gasteiger charge is 2.60. The molecule has 0 spiro atoms. The molecule has 3 heteroatoms. The summed E-state index contributed by atoms with van der Waals surface area (Å²) in [6.07, 6.45) is 0.649. The van der Waals surface area contributed by atoms with Gasteiger partial charge >= 0.3 is 0 Å². The maximum atomic E-state index is 10.3. The van der Waals surface area contributed by atoms with Gasteiger partial charge in [-0.05, 0) is 0 Å². The Morgan fingerprint density at radius 2 is 2.00 bits per heavy atom. The molecule has 0 aromatic heterocycles. The molecule has 0 N–H and O–H groups in total. The molecular formula is C7H10O3. The lowest BCUT2D eigenvalue weighted by molar-refractivity contribution is -0.131. The Balaban J connectivity index is 2.52. The molecule has 56 valence electrons. The third-order valence-electron chi connectivity index (χ3n) is 2.16. The maximum absolute atomic E-state index is 10.3. The second kappa shape index (κ2) is 2.08. The van der Waals surface area contributed by atoms with Gasteiger partial charge in [0.05, 0.1) is 5.92 Å². The van der Waals surface area contributed by atoms with Gasteiger partial charge in [0.25, 0.3) is 6.47 Å². The number of ether oxygens (including phenoxy) is 1. The monoisotopic (exact) mass is 142 g/mol. The molecule has 0 aromatic carbocycles. The Hall–Kier alpha value is -0.860. The average molecular weight is 142 g/mol. The second-order valence-corrected chi connectivity index (χ2v) is 3.14. The molecule has 1 rings (SSSR count). The lowest BCUT2D eigenvalue weighted by atomic mass is 10.1. The van der Waals surface area contributed by atoms with E-state index >= 15 is 0 Å². The van der Waals surface area contributed by atoms with E-state index in [-0.39, 0.29) is 17.4 Å². The van der Waals surface area contributed by atoms with E-state index in [1.54, 1.807) is 0 Å². The number of rotatable bonds is 3. The second-order valence-electron chi connectivity index (χ2n) is 3.14. The van der Waals surface area contributed by atoms with Crippen molar-refractivity contribution in [3.63, 3.8) is 0 Å². The fourth-order valence-electron chi connectivity index (χ4n) is 1.20. The van der Waals surface area contributed by atoms with Crippen LogP contribution in [0.2, 0.25) is 0 Å². The molecule has 0 aliphatic heterocycles. The van der Waals surface area contributed by atoms with Crippen molar-refractivity contribution in [2.24, 2.45) is 11.3 Å². The fourth-order valence-corrected chi connectivity index (χ4v) is 1.20. The molecule has 0 aromatic rings. The van der Waals surface area contributed by atoms with Gasteiger partial charge in [-0.1, -0.05) is 13.8 Å². The number of carbonyl (C=O) groups excluding carboxylic acids is 2. The first-order valence-corrected chi connectivity index (χ1v) is 3.19. The van der Waals surface area contributed by atoms with Crippen molar-refractivity contribution in [3.05, 3.63) is 0 Å². The van der Waals surface area contributed by atoms with E-state index in [1.807, 2.05) is 13.8 Å². The zero-order valence-corrected chi connectivity index (χ0v) is 6.03. The normalized spacial score (nSPS) is 34.6. The zero-order chi connectivity index (χ0) is 7.78. The van der Waals surface area contributed by atoms with Crippen LogP contribution in [0.3, 0.4) is 0 Å². The number of hydrogen-bond acceptors (Lipinski definition) is 3. The van der Waals surface area contributed by atoms with Gasteiger partial charge in [0.1, 0.15) is 12.4 Å². The van der Waals surface area contributed by atoms with Crippen LogP contribution in [0, 0.1) is 11.3 Å². The molecule has 1 aliphatic rings. The summed E-state index contributed by atoms with van der Waals surface area (Å²) in [5.41, 5.74) is -0.136. The van der Waals surface area contributed by atoms with Gasteiger partial charge in [0.15, 0.2) is 0 Å². The van der Waals surface area contributed by atoms with Crippen LogP contribution >= 0.6 is 0 Å². The quantitative estimate of drug-likeness (QED) is 0.535. The molecule has 1 aliphatic carbocycles. The van der Waals surface area contributed by atoms with Crippen LogP contribution in [0.15, 0.2) is 0 Å². The first-order chi connectivity index (χ1) is 4.64. The van der Waals surface area contributed by atoms with Crippen molar-refractivity contribution in [1.29, 1.82) is 0 Å². The molecule has 0 amide bonds. The summed E-state index contributed by atoms with van der Waals surface area (Å²) >= 11 is 0. The molecule has 2 unspecified atom stereocenters. The Kier molecular flexibility index (Phi) is 1.50. The molecule has 0 heterocycles. The third kappa shape index (κ3) is 0.818. The van der Waals surface area contributed by atoms with Crippen molar-refractivity contribution in [2.45, 2.75) is 20.0 Å². The van der Waals surface area contributed by atoms with E-state index in [2.05, 4.69) is 4.74 Å². The molecule has 0 saturated heterocycles. The van der Waals surface area contributed by atoms with Crippen molar-refractivity contribution in [3.8, 4) is 0 Å². The predicted octanol–water partition coefficient (Wildman–Crippen LogP) is 0.383. The van der Waals surface area contributed by atoms with Crippen molar-refractivity contribution < 1.29 is 14.3 Å². The van der Waals surface area contributed by atoms with Gasteiger partial charge in [0, 0.05) is 5.41 Å². The standard InChI is InChI=1S/C7H10O3/c1-7(2)5(3-8)6(7)10-4-9/h3-6H,1-2H3. The zero-order valence-electron chi connectivity index (χ0n) is 6.03. The minimum atomic E-state index is -0.192. The summed E-state index contributed by atoms with van der Waals surface area (Å²) in [7, 11) is 0. The lowest BCUT2D eigenvalue weighted by Crippen LogP contribution is -1.98. The predicted molar refractivity (Wildman–Crippen MR) is 34.3 cm³/mol. The topological polar surface area (TPSA) is 43.4 Å². The highest BCUT2D eigenvalue weighted by atomic mass is 16.5.